The summed E-state index contributed by atoms with van der Waals surface area (Å²) in [7, 11) is 0. The van der Waals surface area contributed by atoms with Crippen LogP contribution in [0, 0.1) is 0 Å². The van der Waals surface area contributed by atoms with Crippen molar-refractivity contribution < 1.29 is 37.1 Å². The Bertz CT molecular complexity index is 1290. The first-order valence-corrected chi connectivity index (χ1v) is 12.7. The van der Waals surface area contributed by atoms with Gasteiger partial charge < -0.3 is 14.5 Å². The minimum Gasteiger partial charge on any atom is -0.489 e. The van der Waals surface area contributed by atoms with Crippen LogP contribution >= 0.6 is 0 Å². The molecule has 4 amide bonds. The third-order valence-electron chi connectivity index (χ3n) is 7.26. The number of nitrogens with one attached hydrogen (secondary N) is 1. The molecule has 1 atom stereocenters. The Balaban J connectivity index is 1.15. The summed E-state index contributed by atoms with van der Waals surface area (Å²) in [4.78, 5) is 52.5. The van der Waals surface area contributed by atoms with Crippen molar-refractivity contribution in [3.63, 3.8) is 0 Å². The molecule has 2 saturated heterocycles. The molecule has 2 aromatic rings. The maximum absolute atomic E-state index is 13.0. The quantitative estimate of drug-likeness (QED) is 0.561. The number of piperazine rings is 1. The van der Waals surface area contributed by atoms with E-state index in [4.69, 9.17) is 4.74 Å². The van der Waals surface area contributed by atoms with Crippen LogP contribution in [-0.2, 0) is 34.1 Å². The zero-order valence-electron chi connectivity index (χ0n) is 21.0. The lowest BCUT2D eigenvalue weighted by Gasteiger charge is -2.35. The summed E-state index contributed by atoms with van der Waals surface area (Å²) >= 11 is 0. The Labute approximate surface area is 222 Å². The van der Waals surface area contributed by atoms with Crippen LogP contribution in [-0.4, -0.2) is 76.7 Å². The number of carbonyl (C=O) groups excluding carboxylic acids is 4. The smallest absolute Gasteiger partial charge is 0.471 e. The van der Waals surface area contributed by atoms with Gasteiger partial charge in [-0.15, -0.1) is 0 Å². The number of fused-ring (bicyclic) bond motifs is 1. The maximum Gasteiger partial charge on any atom is 0.471 e. The average molecular weight is 545 g/mol. The fourth-order valence-electron chi connectivity index (χ4n) is 5.14. The molecule has 9 nitrogen and oxygen atoms in total. The largest absolute Gasteiger partial charge is 0.489 e. The molecule has 206 valence electrons. The van der Waals surface area contributed by atoms with E-state index in [2.05, 4.69) is 5.32 Å². The normalized spacial score (nSPS) is 20.2. The van der Waals surface area contributed by atoms with E-state index in [1.807, 2.05) is 29.2 Å². The Kier molecular flexibility index (Phi) is 7.30. The second-order valence-electron chi connectivity index (χ2n) is 9.85. The Hall–Kier alpha value is -3.93. The number of hydrogen-bond acceptors (Lipinski definition) is 6. The zero-order chi connectivity index (χ0) is 27.7. The molecule has 5 rings (SSSR count). The van der Waals surface area contributed by atoms with E-state index < -0.39 is 24.0 Å². The van der Waals surface area contributed by atoms with Crippen LogP contribution in [0.4, 0.5) is 13.2 Å². The summed E-state index contributed by atoms with van der Waals surface area (Å²) in [6.45, 7) is 1.82. The van der Waals surface area contributed by atoms with Gasteiger partial charge in [0.25, 0.3) is 5.91 Å². The lowest BCUT2D eigenvalue weighted by Crippen LogP contribution is -2.52. The van der Waals surface area contributed by atoms with E-state index in [0.29, 0.717) is 36.5 Å². The third kappa shape index (κ3) is 5.75. The van der Waals surface area contributed by atoms with Gasteiger partial charge >= 0.3 is 12.1 Å². The number of imide groups is 1. The molecule has 0 bridgehead atoms. The molecule has 3 aliphatic rings. The minimum absolute atomic E-state index is 0.0368. The van der Waals surface area contributed by atoms with Crippen LogP contribution in [0.15, 0.2) is 42.5 Å². The first-order valence-electron chi connectivity index (χ1n) is 12.7. The number of carbonyl (C=O) groups is 4. The van der Waals surface area contributed by atoms with Gasteiger partial charge in [-0.1, -0.05) is 30.3 Å². The molecule has 3 heterocycles. The molecule has 2 aromatic carbocycles. The number of rotatable bonds is 6. The standard InChI is InChI=1S/C27H27F3N4O5/c28-27(29,30)26(38)33-12-10-32(11-13-33)14-17-4-6-18(7-5-17)16-39-22-3-1-2-19-20(22)15-34(25(19)37)21-8-9-23(35)31-24(21)36/h1-7,21H,8-16H2,(H,31,35,36). The van der Waals surface area contributed by atoms with Crippen molar-refractivity contribution in [1.29, 1.82) is 0 Å². The van der Waals surface area contributed by atoms with Gasteiger partial charge in [0.05, 0.1) is 6.54 Å². The zero-order valence-corrected chi connectivity index (χ0v) is 21.0. The Morgan fingerprint density at radius 3 is 2.33 bits per heavy atom. The predicted octanol–water partition coefficient (Wildman–Crippen LogP) is 2.23. The molecule has 1 unspecified atom stereocenters. The van der Waals surface area contributed by atoms with Gasteiger partial charge in [-0.2, -0.15) is 13.2 Å². The summed E-state index contributed by atoms with van der Waals surface area (Å²) in [6, 6.07) is 12.2. The fraction of sp³-hybridized carbons (Fsp3) is 0.407. The first-order chi connectivity index (χ1) is 18.6. The second-order valence-corrected chi connectivity index (χ2v) is 9.85. The molecule has 0 radical (unpaired) electrons. The number of ether oxygens (including phenoxy) is 1. The highest BCUT2D eigenvalue weighted by Crippen LogP contribution is 2.34. The van der Waals surface area contributed by atoms with Crippen molar-refractivity contribution in [2.45, 2.75) is 44.8 Å². The predicted molar refractivity (Wildman–Crippen MR) is 131 cm³/mol. The molecule has 1 N–H and O–H groups in total. The third-order valence-corrected chi connectivity index (χ3v) is 7.26. The van der Waals surface area contributed by atoms with Crippen molar-refractivity contribution in [1.82, 2.24) is 20.0 Å². The number of nitrogens with zero attached hydrogens (tertiary/aromatic N) is 3. The molecule has 2 fully saturated rings. The minimum atomic E-state index is -4.84. The topological polar surface area (TPSA) is 99.3 Å². The van der Waals surface area contributed by atoms with Crippen molar-refractivity contribution in [3.05, 3.63) is 64.7 Å². The monoisotopic (exact) mass is 544 g/mol. The Morgan fingerprint density at radius 1 is 0.974 bits per heavy atom. The molecule has 3 aliphatic heterocycles. The molecular weight excluding hydrogens is 517 g/mol. The molecule has 0 aliphatic carbocycles. The molecule has 0 saturated carbocycles. The van der Waals surface area contributed by atoms with E-state index in [1.54, 1.807) is 18.2 Å². The van der Waals surface area contributed by atoms with Crippen molar-refractivity contribution >= 4 is 23.6 Å². The second kappa shape index (κ2) is 10.7. The number of halogens is 3. The van der Waals surface area contributed by atoms with E-state index in [9.17, 15) is 32.3 Å². The highest BCUT2D eigenvalue weighted by atomic mass is 19.4. The van der Waals surface area contributed by atoms with Gasteiger partial charge in [0.15, 0.2) is 0 Å². The van der Waals surface area contributed by atoms with Gasteiger partial charge in [-0.05, 0) is 29.7 Å². The molecule has 12 heteroatoms. The number of alkyl halides is 3. The van der Waals surface area contributed by atoms with Crippen LogP contribution in [0.3, 0.4) is 0 Å². The highest BCUT2D eigenvalue weighted by molar-refractivity contribution is 6.05. The molecule has 0 aromatic heterocycles. The number of benzene rings is 2. The SMILES string of the molecule is O=C1CCC(N2Cc3c(OCc4ccc(CN5CCN(C(=O)C(F)(F)F)CC5)cc4)cccc3C2=O)C(=O)N1. The van der Waals surface area contributed by atoms with E-state index in [-0.39, 0.29) is 50.9 Å². The van der Waals surface area contributed by atoms with E-state index in [0.717, 1.165) is 16.0 Å². The van der Waals surface area contributed by atoms with Crippen LogP contribution in [0.5, 0.6) is 5.75 Å². The summed E-state index contributed by atoms with van der Waals surface area (Å²) in [5, 5.41) is 2.29. The lowest BCUT2D eigenvalue weighted by molar-refractivity contribution is -0.187. The van der Waals surface area contributed by atoms with Gasteiger partial charge in [0.2, 0.25) is 11.8 Å². The maximum atomic E-state index is 13.0. The van der Waals surface area contributed by atoms with Crippen LogP contribution < -0.4 is 10.1 Å². The van der Waals surface area contributed by atoms with E-state index >= 15 is 0 Å². The molecule has 39 heavy (non-hydrogen) atoms. The van der Waals surface area contributed by atoms with Gasteiger partial charge in [0, 0.05) is 50.3 Å². The summed E-state index contributed by atoms with van der Waals surface area (Å²) in [5.74, 6) is -2.31. The van der Waals surface area contributed by atoms with Crippen LogP contribution in [0.25, 0.3) is 0 Å². The van der Waals surface area contributed by atoms with Gasteiger partial charge in [0.1, 0.15) is 18.4 Å². The summed E-state index contributed by atoms with van der Waals surface area (Å²) in [6.07, 6.45) is -4.37. The van der Waals surface area contributed by atoms with Crippen molar-refractivity contribution in [3.8, 4) is 5.75 Å². The highest BCUT2D eigenvalue weighted by Gasteiger charge is 2.43. The number of piperidine rings is 1. The van der Waals surface area contributed by atoms with Crippen molar-refractivity contribution in [2.24, 2.45) is 0 Å². The average Bonchev–Trinajstić information content (AvgIpc) is 3.24. The fourth-order valence-corrected chi connectivity index (χ4v) is 5.14. The lowest BCUT2D eigenvalue weighted by atomic mass is 10.0. The number of hydrogen-bond donors (Lipinski definition) is 1. The summed E-state index contributed by atoms with van der Waals surface area (Å²) in [5.41, 5.74) is 3.06. The van der Waals surface area contributed by atoms with E-state index in [1.165, 1.54) is 4.90 Å². The summed E-state index contributed by atoms with van der Waals surface area (Å²) < 4.78 is 43.9. The Morgan fingerprint density at radius 2 is 1.67 bits per heavy atom. The van der Waals surface area contributed by atoms with Gasteiger partial charge in [-0.25, -0.2) is 0 Å². The molecule has 0 spiro atoms. The van der Waals surface area contributed by atoms with Gasteiger partial charge in [-0.3, -0.25) is 29.4 Å². The van der Waals surface area contributed by atoms with Crippen molar-refractivity contribution in [2.75, 3.05) is 26.2 Å². The van der Waals surface area contributed by atoms with Crippen LogP contribution in [0.2, 0.25) is 0 Å². The number of amides is 4. The molecular formula is C27H27F3N4O5. The van der Waals surface area contributed by atoms with Crippen LogP contribution in [0.1, 0.15) is 39.9 Å². The first kappa shape index (κ1) is 26.7.